The number of fused-ring (bicyclic) bond motifs is 1. The van der Waals surface area contributed by atoms with Gasteiger partial charge in [0.1, 0.15) is 27.7 Å². The topological polar surface area (TPSA) is 380 Å². The highest BCUT2D eigenvalue weighted by atomic mass is 32.2. The molecule has 0 fully saturated rings. The molecule has 31 heteroatoms. The average Bonchev–Trinajstić information content (AvgIpc) is 3.35. The number of sulfone groups is 1. The number of nitrogens with zero attached hydrogens (tertiary/aromatic N) is 7. The van der Waals surface area contributed by atoms with Crippen molar-refractivity contribution >= 4 is 122 Å². The van der Waals surface area contributed by atoms with Gasteiger partial charge < -0.3 is 26.2 Å². The number of methoxy groups -OCH3 is 1. The van der Waals surface area contributed by atoms with Crippen LogP contribution in [-0.4, -0.2) is 78.0 Å². The molecule has 9 N–H and O–H groups in total. The van der Waals surface area contributed by atoms with Crippen LogP contribution in [0, 0.1) is 0 Å². The Bertz CT molecular complexity index is 3330. The van der Waals surface area contributed by atoms with E-state index in [4.69, 9.17) is 30.9 Å². The third-order valence-corrected chi connectivity index (χ3v) is 14.9. The predicted octanol–water partition coefficient (Wildman–Crippen LogP) is 10.1. The summed E-state index contributed by atoms with van der Waals surface area (Å²) >= 11 is 0.515. The van der Waals surface area contributed by atoms with Crippen molar-refractivity contribution in [3.63, 3.8) is 0 Å². The minimum Gasteiger partial charge on any atom is -0.505 e. The Labute approximate surface area is 419 Å². The van der Waals surface area contributed by atoms with E-state index in [0.717, 1.165) is 24.8 Å². The summed E-state index contributed by atoms with van der Waals surface area (Å²) in [6, 6.07) is 21.5. The normalized spacial score (nSPS) is 12.4. The zero-order chi connectivity index (χ0) is 52.2. The molecule has 0 radical (unpaired) electrons. The van der Waals surface area contributed by atoms with E-state index >= 15 is 0 Å². The quantitative estimate of drug-likeness (QED) is 0.00563. The second-order valence-corrected chi connectivity index (χ2v) is 20.8. The maximum Gasteiger partial charge on any atom is 0.296 e. The van der Waals surface area contributed by atoms with Crippen molar-refractivity contribution in [3.05, 3.63) is 97.1 Å². The molecule has 0 aliphatic carbocycles. The fourth-order valence-corrected chi connectivity index (χ4v) is 10.2. The summed E-state index contributed by atoms with van der Waals surface area (Å²) < 4.78 is 109. The third-order valence-electron chi connectivity index (χ3n) is 9.99. The number of sulfonamides is 1. The number of hydrogen-bond acceptors (Lipinski definition) is 26. The van der Waals surface area contributed by atoms with Crippen LogP contribution in [0.5, 0.6) is 11.5 Å². The van der Waals surface area contributed by atoms with Gasteiger partial charge in [-0.05, 0) is 110 Å². The SMILES string of the molecule is CCN(CC)c1cc(N)c(N=Nc2ccc(NS(=O)(=O)c3ccc(N=Nc4c(S(=O)(=O)O)cc5cc(SOOO)c(N=Nc6ccc(S(=O)(=O)CCOSOOO)cc6)c(O)c5c4N)cc3)cc2)cc1OC. The Morgan fingerprint density at radius 1 is 0.708 bits per heavy atom. The number of nitrogen functional groups attached to an aromatic ring is 2. The Balaban J connectivity index is 1.22. The molecule has 26 nitrogen and oxygen atoms in total. The van der Waals surface area contributed by atoms with E-state index in [1.165, 1.54) is 66.7 Å². The van der Waals surface area contributed by atoms with Crippen LogP contribution in [0.1, 0.15) is 13.8 Å². The van der Waals surface area contributed by atoms with Gasteiger partial charge in [0, 0.05) is 24.8 Å². The highest BCUT2D eigenvalue weighted by molar-refractivity contribution is 7.94. The van der Waals surface area contributed by atoms with Crippen LogP contribution in [0.4, 0.5) is 56.9 Å². The lowest BCUT2D eigenvalue weighted by atomic mass is 10.1. The van der Waals surface area contributed by atoms with Crippen molar-refractivity contribution < 1.29 is 73.1 Å². The van der Waals surface area contributed by atoms with Gasteiger partial charge in [-0.1, -0.05) is 10.1 Å². The molecule has 0 aliphatic heterocycles. The van der Waals surface area contributed by atoms with E-state index < -0.39 is 57.8 Å². The molecule has 0 spiro atoms. The number of phenols is 1. The summed E-state index contributed by atoms with van der Waals surface area (Å²) in [5.74, 6) is -0.625. The summed E-state index contributed by atoms with van der Waals surface area (Å²) in [7, 11) is -11.6. The van der Waals surface area contributed by atoms with Crippen LogP contribution in [0.25, 0.3) is 10.8 Å². The zero-order valence-corrected chi connectivity index (χ0v) is 41.7. The van der Waals surface area contributed by atoms with Gasteiger partial charge in [-0.3, -0.25) is 13.5 Å². The minimum absolute atomic E-state index is 0.00548. The van der Waals surface area contributed by atoms with E-state index in [0.29, 0.717) is 34.9 Å². The average molecular weight is 1090 g/mol. The lowest BCUT2D eigenvalue weighted by molar-refractivity contribution is -0.434. The number of benzene rings is 6. The van der Waals surface area contributed by atoms with Crippen LogP contribution in [0.2, 0.25) is 0 Å². The molecule has 0 atom stereocenters. The molecule has 0 amide bonds. The van der Waals surface area contributed by atoms with Crippen molar-refractivity contribution in [3.8, 4) is 11.5 Å². The smallest absolute Gasteiger partial charge is 0.296 e. The number of aromatic hydroxyl groups is 1. The van der Waals surface area contributed by atoms with E-state index in [1.54, 1.807) is 31.4 Å². The number of nitrogens with one attached hydrogen (secondary N) is 1. The molecule has 382 valence electrons. The molecule has 0 heterocycles. The maximum atomic E-state index is 13.4. The van der Waals surface area contributed by atoms with Gasteiger partial charge in [-0.2, -0.15) is 23.8 Å². The van der Waals surface area contributed by atoms with E-state index in [2.05, 4.69) is 59.1 Å². The van der Waals surface area contributed by atoms with Crippen molar-refractivity contribution in [1.82, 2.24) is 0 Å². The Kier molecular flexibility index (Phi) is 18.4. The van der Waals surface area contributed by atoms with Gasteiger partial charge in [0.2, 0.25) is 0 Å². The number of phenolic OH excluding ortho intramolecular Hbond substituents is 1. The lowest BCUT2D eigenvalue weighted by Crippen LogP contribution is -2.22. The van der Waals surface area contributed by atoms with Crippen molar-refractivity contribution in [2.45, 2.75) is 33.4 Å². The monoisotopic (exact) mass is 1090 g/mol. The molecule has 0 saturated heterocycles. The van der Waals surface area contributed by atoms with E-state index in [1.807, 2.05) is 13.8 Å². The molecule has 0 bridgehead atoms. The fraction of sp³-hybridized carbons (Fsp3) is 0.171. The number of ether oxygens (including phenoxy) is 1. The van der Waals surface area contributed by atoms with Crippen molar-refractivity contribution in [1.29, 1.82) is 0 Å². The van der Waals surface area contributed by atoms with Crippen LogP contribution in [-0.2, 0) is 52.9 Å². The van der Waals surface area contributed by atoms with Crippen molar-refractivity contribution in [2.75, 3.05) is 53.6 Å². The van der Waals surface area contributed by atoms with Crippen LogP contribution in [0.3, 0.4) is 0 Å². The van der Waals surface area contributed by atoms with Gasteiger partial charge >= 0.3 is 0 Å². The Morgan fingerprint density at radius 3 is 1.85 bits per heavy atom. The first kappa shape index (κ1) is 54.7. The molecule has 0 saturated carbocycles. The number of hydrogen-bond donors (Lipinski definition) is 7. The van der Waals surface area contributed by atoms with Gasteiger partial charge in [0.05, 0.1) is 85.7 Å². The maximum absolute atomic E-state index is 13.4. The molecule has 6 aromatic carbocycles. The van der Waals surface area contributed by atoms with Gasteiger partial charge in [-0.25, -0.2) is 27.4 Å². The first-order chi connectivity index (χ1) is 34.3. The number of nitrogens with two attached hydrogens (primary N) is 2. The minimum atomic E-state index is -5.10. The number of anilines is 4. The lowest BCUT2D eigenvalue weighted by Gasteiger charge is -2.24. The van der Waals surface area contributed by atoms with Gasteiger partial charge in [0.25, 0.3) is 20.1 Å². The molecular formula is C41H42N10O16S5. The van der Waals surface area contributed by atoms with Crippen LogP contribution >= 0.6 is 24.4 Å². The first-order valence-corrected chi connectivity index (χ1v) is 26.4. The predicted molar refractivity (Wildman–Crippen MR) is 265 cm³/mol. The second-order valence-electron chi connectivity index (χ2n) is 14.4. The van der Waals surface area contributed by atoms with Crippen LogP contribution in [0.15, 0.2) is 147 Å². The van der Waals surface area contributed by atoms with Crippen LogP contribution < -0.4 is 25.8 Å². The molecular weight excluding hydrogens is 1050 g/mol. The highest BCUT2D eigenvalue weighted by Gasteiger charge is 2.26. The summed E-state index contributed by atoms with van der Waals surface area (Å²) in [4.78, 5) is 0.798. The molecule has 72 heavy (non-hydrogen) atoms. The molecule has 0 aromatic heterocycles. The summed E-state index contributed by atoms with van der Waals surface area (Å²) in [5, 5.41) is 59.7. The largest absolute Gasteiger partial charge is 0.505 e. The zero-order valence-electron chi connectivity index (χ0n) is 37.6. The Hall–Kier alpha value is -6.59. The van der Waals surface area contributed by atoms with Gasteiger partial charge in [-0.15, -0.1) is 24.0 Å². The summed E-state index contributed by atoms with van der Waals surface area (Å²) in [5.41, 5.74) is 13.4. The second kappa shape index (κ2) is 24.2. The number of azo groups is 3. The molecule has 6 rings (SSSR count). The standard InChI is InChI=1S/C41H42N10O16S5/c1-4-51(5-2)33-22-31(42)32(23-34(33)62-3)47-44-25-6-8-28(9-7-25)50-71(57,58)30-16-12-27(13-17-30)46-49-40-36(72(59,60)61)21-24-20-35(68-66-64-53)39(41(52)37(24)38(40)43)48-45-26-10-14-29(15-11-26)70(55,56)19-18-63-69-67-65-54/h6-17,20-23,50,52-54H,4-5,18-19,42-43H2,1-3H3,(H,59,60,61). The Morgan fingerprint density at radius 2 is 1.28 bits per heavy atom. The summed E-state index contributed by atoms with van der Waals surface area (Å²) in [6.45, 7) is 5.19. The fourth-order valence-electron chi connectivity index (χ4n) is 6.54. The first-order valence-electron chi connectivity index (χ1n) is 20.4. The summed E-state index contributed by atoms with van der Waals surface area (Å²) in [6.07, 6.45) is 0. The van der Waals surface area contributed by atoms with Crippen molar-refractivity contribution in [2.24, 2.45) is 30.7 Å². The number of rotatable bonds is 24. The van der Waals surface area contributed by atoms with E-state index in [9.17, 15) is 34.9 Å². The highest BCUT2D eigenvalue weighted by Crippen LogP contribution is 2.50. The molecule has 0 unspecified atom stereocenters. The van der Waals surface area contributed by atoms with E-state index in [-0.39, 0.29) is 67.1 Å². The molecule has 0 aliphatic rings. The third kappa shape index (κ3) is 13.5. The molecule has 6 aromatic rings. The van der Waals surface area contributed by atoms with Gasteiger partial charge in [0.15, 0.2) is 27.9 Å².